The zero-order chi connectivity index (χ0) is 16.6. The van der Waals surface area contributed by atoms with Crippen LogP contribution in [0, 0.1) is 0 Å². The predicted molar refractivity (Wildman–Crippen MR) is 86.4 cm³/mol. The van der Waals surface area contributed by atoms with Crippen molar-refractivity contribution in [2.75, 3.05) is 13.1 Å². The number of nitrogens with one attached hydrogen (secondary N) is 1. The van der Waals surface area contributed by atoms with Crippen molar-refractivity contribution >= 4 is 17.5 Å². The van der Waals surface area contributed by atoms with Gasteiger partial charge in [0.25, 0.3) is 11.8 Å². The number of likely N-dealkylation sites (tertiary alicyclic amines) is 1. The van der Waals surface area contributed by atoms with E-state index in [1.54, 1.807) is 29.3 Å². The third-order valence-electron chi connectivity index (χ3n) is 5.03. The van der Waals surface area contributed by atoms with Crippen molar-refractivity contribution in [3.63, 3.8) is 0 Å². The molecule has 1 aromatic rings. The smallest absolute Gasteiger partial charge is 0.272 e. The molecule has 2 fully saturated rings. The molecule has 1 spiro atoms. The minimum Gasteiger partial charge on any atom is -0.386 e. The van der Waals surface area contributed by atoms with Crippen LogP contribution in [0.4, 0.5) is 0 Å². The van der Waals surface area contributed by atoms with Crippen molar-refractivity contribution in [2.45, 2.75) is 43.7 Å². The molecule has 0 radical (unpaired) electrons. The summed E-state index contributed by atoms with van der Waals surface area (Å²) in [6, 6.07) is 5.56. The zero-order valence-corrected chi connectivity index (χ0v) is 13.4. The lowest BCUT2D eigenvalue weighted by atomic mass is 9.92. The third-order valence-corrected chi connectivity index (χ3v) is 5.03. The number of carbonyl (C=O) groups is 2. The predicted octanol–water partition coefficient (Wildman–Crippen LogP) is 1.11. The highest BCUT2D eigenvalue weighted by molar-refractivity contribution is 6.39. The molecule has 24 heavy (non-hydrogen) atoms. The fourth-order valence-corrected chi connectivity index (χ4v) is 3.35. The molecule has 0 bridgehead atoms. The van der Waals surface area contributed by atoms with Crippen LogP contribution >= 0.6 is 0 Å². The lowest BCUT2D eigenvalue weighted by Crippen LogP contribution is -2.44. The second-order valence-corrected chi connectivity index (χ2v) is 6.78. The standard InChI is InChI=1S/C17H20N4O3/c22-15(19-12-4-3-5-12)14-10-17(24-20-14)7-9-21(11-17)16(23)13-6-1-2-8-18-13/h1-2,6,8,12H,3-5,7,9-11H2,(H,19,22). The number of carbonyl (C=O) groups excluding carboxylic acids is 2. The van der Waals surface area contributed by atoms with Gasteiger partial charge in [0, 0.05) is 31.6 Å². The van der Waals surface area contributed by atoms with E-state index in [0.29, 0.717) is 37.3 Å². The molecular weight excluding hydrogens is 308 g/mol. The fourth-order valence-electron chi connectivity index (χ4n) is 3.35. The van der Waals surface area contributed by atoms with Gasteiger partial charge in [-0.3, -0.25) is 14.6 Å². The summed E-state index contributed by atoms with van der Waals surface area (Å²) in [5.41, 5.74) is 0.307. The van der Waals surface area contributed by atoms with Gasteiger partial charge >= 0.3 is 0 Å². The quantitative estimate of drug-likeness (QED) is 0.901. The number of amides is 2. The minimum atomic E-state index is -0.559. The third kappa shape index (κ3) is 2.74. The Bertz CT molecular complexity index is 686. The van der Waals surface area contributed by atoms with Gasteiger partial charge in [-0.1, -0.05) is 11.2 Å². The Labute approximate surface area is 140 Å². The molecule has 0 aromatic carbocycles. The molecule has 7 nitrogen and oxygen atoms in total. The molecule has 2 amide bonds. The summed E-state index contributed by atoms with van der Waals surface area (Å²) in [6.07, 6.45) is 5.99. The first kappa shape index (κ1) is 15.1. The lowest BCUT2D eigenvalue weighted by Gasteiger charge is -2.26. The summed E-state index contributed by atoms with van der Waals surface area (Å²) in [5.74, 6) is -0.241. The topological polar surface area (TPSA) is 83.9 Å². The SMILES string of the molecule is O=C(NC1CCC1)C1=NOC2(CCN(C(=O)c3ccccn3)C2)C1. The van der Waals surface area contributed by atoms with Gasteiger partial charge in [-0.05, 0) is 31.4 Å². The fraction of sp³-hybridized carbons (Fsp3) is 0.529. The number of pyridine rings is 1. The summed E-state index contributed by atoms with van der Waals surface area (Å²) < 4.78 is 0. The Kier molecular flexibility index (Phi) is 3.70. The Hall–Kier alpha value is -2.44. The van der Waals surface area contributed by atoms with Crippen LogP contribution in [0.5, 0.6) is 0 Å². The van der Waals surface area contributed by atoms with E-state index >= 15 is 0 Å². The first-order valence-corrected chi connectivity index (χ1v) is 8.41. The van der Waals surface area contributed by atoms with E-state index in [1.165, 1.54) is 6.42 Å². The second-order valence-electron chi connectivity index (χ2n) is 6.78. The van der Waals surface area contributed by atoms with Crippen LogP contribution in [-0.4, -0.2) is 52.1 Å². The number of rotatable bonds is 3. The van der Waals surface area contributed by atoms with Crippen molar-refractivity contribution in [3.8, 4) is 0 Å². The number of nitrogens with zero attached hydrogens (tertiary/aromatic N) is 3. The van der Waals surface area contributed by atoms with Gasteiger partial charge < -0.3 is 15.1 Å². The van der Waals surface area contributed by atoms with Crippen molar-refractivity contribution in [2.24, 2.45) is 5.16 Å². The molecule has 4 rings (SSSR count). The second kappa shape index (κ2) is 5.89. The average molecular weight is 328 g/mol. The van der Waals surface area contributed by atoms with Crippen LogP contribution in [0.1, 0.15) is 42.6 Å². The van der Waals surface area contributed by atoms with E-state index < -0.39 is 5.60 Å². The maximum Gasteiger partial charge on any atom is 0.272 e. The molecule has 1 saturated carbocycles. The molecule has 1 aromatic heterocycles. The Morgan fingerprint density at radius 2 is 2.21 bits per heavy atom. The number of aromatic nitrogens is 1. The van der Waals surface area contributed by atoms with Crippen molar-refractivity contribution in [1.82, 2.24) is 15.2 Å². The molecule has 3 aliphatic rings. The molecule has 1 unspecified atom stereocenters. The zero-order valence-electron chi connectivity index (χ0n) is 13.4. The van der Waals surface area contributed by atoms with Crippen LogP contribution in [0.2, 0.25) is 0 Å². The van der Waals surface area contributed by atoms with E-state index in [4.69, 9.17) is 4.84 Å². The average Bonchev–Trinajstić information content (AvgIpc) is 3.18. The molecule has 1 aliphatic carbocycles. The summed E-state index contributed by atoms with van der Waals surface area (Å²) in [7, 11) is 0. The highest BCUT2D eigenvalue weighted by Crippen LogP contribution is 2.34. The lowest BCUT2D eigenvalue weighted by molar-refractivity contribution is -0.116. The molecule has 1 saturated heterocycles. The van der Waals surface area contributed by atoms with Crippen LogP contribution < -0.4 is 5.32 Å². The summed E-state index contributed by atoms with van der Waals surface area (Å²) >= 11 is 0. The Morgan fingerprint density at radius 3 is 2.92 bits per heavy atom. The molecule has 3 heterocycles. The summed E-state index contributed by atoms with van der Waals surface area (Å²) in [5, 5.41) is 6.98. The molecule has 7 heteroatoms. The molecule has 126 valence electrons. The van der Waals surface area contributed by atoms with Gasteiger partial charge in [-0.2, -0.15) is 0 Å². The molecule has 2 aliphatic heterocycles. The van der Waals surface area contributed by atoms with Crippen molar-refractivity contribution in [1.29, 1.82) is 0 Å². The van der Waals surface area contributed by atoms with E-state index in [1.807, 2.05) is 0 Å². The van der Waals surface area contributed by atoms with Gasteiger partial charge in [0.05, 0.1) is 6.54 Å². The van der Waals surface area contributed by atoms with Crippen molar-refractivity contribution < 1.29 is 14.4 Å². The van der Waals surface area contributed by atoms with Crippen LogP contribution in [0.25, 0.3) is 0 Å². The summed E-state index contributed by atoms with van der Waals surface area (Å²) in [4.78, 5) is 36.1. The van der Waals surface area contributed by atoms with E-state index in [9.17, 15) is 9.59 Å². The van der Waals surface area contributed by atoms with Gasteiger partial charge in [-0.25, -0.2) is 0 Å². The number of hydrogen-bond acceptors (Lipinski definition) is 5. The Balaban J connectivity index is 1.37. The highest BCUT2D eigenvalue weighted by atomic mass is 16.7. The van der Waals surface area contributed by atoms with E-state index in [-0.39, 0.29) is 17.9 Å². The van der Waals surface area contributed by atoms with Crippen LogP contribution in [0.15, 0.2) is 29.6 Å². The van der Waals surface area contributed by atoms with Gasteiger partial charge in [0.1, 0.15) is 11.4 Å². The van der Waals surface area contributed by atoms with E-state index in [2.05, 4.69) is 15.5 Å². The molecule has 1 atom stereocenters. The van der Waals surface area contributed by atoms with Crippen LogP contribution in [-0.2, 0) is 9.63 Å². The van der Waals surface area contributed by atoms with Gasteiger partial charge in [0.2, 0.25) is 0 Å². The minimum absolute atomic E-state index is 0.108. The first-order valence-electron chi connectivity index (χ1n) is 8.41. The maximum atomic E-state index is 12.5. The molecular formula is C17H20N4O3. The first-order chi connectivity index (χ1) is 11.7. The van der Waals surface area contributed by atoms with E-state index in [0.717, 1.165) is 12.8 Å². The van der Waals surface area contributed by atoms with Gasteiger partial charge in [0.15, 0.2) is 5.60 Å². The normalized spacial score (nSPS) is 26.0. The van der Waals surface area contributed by atoms with Gasteiger partial charge in [-0.15, -0.1) is 0 Å². The highest BCUT2D eigenvalue weighted by Gasteiger charge is 2.48. The number of hydrogen-bond donors (Lipinski definition) is 1. The van der Waals surface area contributed by atoms with Crippen molar-refractivity contribution in [3.05, 3.63) is 30.1 Å². The number of oxime groups is 1. The summed E-state index contributed by atoms with van der Waals surface area (Å²) in [6.45, 7) is 1.02. The maximum absolute atomic E-state index is 12.5. The molecule has 1 N–H and O–H groups in total. The largest absolute Gasteiger partial charge is 0.386 e. The Morgan fingerprint density at radius 1 is 1.33 bits per heavy atom. The monoisotopic (exact) mass is 328 g/mol. The van der Waals surface area contributed by atoms with Crippen LogP contribution in [0.3, 0.4) is 0 Å².